The molecule has 0 heterocycles. The molecule has 0 rings (SSSR count). The summed E-state index contributed by atoms with van der Waals surface area (Å²) in [7, 11) is 1.56. The van der Waals surface area contributed by atoms with E-state index in [9.17, 15) is 19.4 Å². The number of amides is 1. The summed E-state index contributed by atoms with van der Waals surface area (Å²) in [5, 5.41) is 14.0. The van der Waals surface area contributed by atoms with E-state index in [4.69, 9.17) is 9.05 Å². The van der Waals surface area contributed by atoms with Gasteiger partial charge in [-0.1, -0.05) is 324 Å². The van der Waals surface area contributed by atoms with E-state index in [-0.39, 0.29) is 19.1 Å². The summed E-state index contributed by atoms with van der Waals surface area (Å²) >= 11 is 0. The highest BCUT2D eigenvalue weighted by Crippen LogP contribution is 2.43. The molecular formula is C72H136N2O6P+. The lowest BCUT2D eigenvalue weighted by Gasteiger charge is -2.25. The number of aliphatic hydroxyl groups is 1. The normalized spacial score (nSPS) is 14.1. The molecule has 0 fully saturated rings. The van der Waals surface area contributed by atoms with Crippen LogP contribution in [-0.4, -0.2) is 73.4 Å². The maximum Gasteiger partial charge on any atom is 0.472 e. The molecule has 81 heavy (non-hydrogen) atoms. The Morgan fingerprint density at radius 3 is 1.14 bits per heavy atom. The van der Waals surface area contributed by atoms with Crippen molar-refractivity contribution < 1.29 is 32.9 Å². The van der Waals surface area contributed by atoms with Crippen molar-refractivity contribution in [2.75, 3.05) is 40.9 Å². The van der Waals surface area contributed by atoms with E-state index in [0.29, 0.717) is 17.4 Å². The van der Waals surface area contributed by atoms with E-state index in [1.807, 2.05) is 27.2 Å². The van der Waals surface area contributed by atoms with Crippen LogP contribution in [-0.2, 0) is 18.4 Å². The Morgan fingerprint density at radius 2 is 0.753 bits per heavy atom. The van der Waals surface area contributed by atoms with E-state index >= 15 is 0 Å². The van der Waals surface area contributed by atoms with Gasteiger partial charge in [-0.3, -0.25) is 13.8 Å². The molecule has 0 spiro atoms. The Hall–Kier alpha value is -2.06. The fourth-order valence-corrected chi connectivity index (χ4v) is 11.0. The maximum absolute atomic E-state index is 13.0. The highest BCUT2D eigenvalue weighted by atomic mass is 31.2. The number of hydrogen-bond acceptors (Lipinski definition) is 5. The van der Waals surface area contributed by atoms with Crippen LogP contribution < -0.4 is 5.32 Å². The average Bonchev–Trinajstić information content (AvgIpc) is 3.43. The van der Waals surface area contributed by atoms with E-state index in [1.165, 1.54) is 244 Å². The standard InChI is InChI=1S/C72H135N2O6P/c1-6-8-10-12-14-16-18-20-22-24-26-28-30-32-34-36-38-39-41-43-45-47-49-51-53-55-57-59-61-63-65-71(75)70(69-80-81(77,78)79-68-67-74(3,4)5)73-72(76)66-64-62-60-58-56-54-52-50-48-46-44-42-40-37-35-33-31-29-27-25-23-21-19-17-15-13-11-9-7-2/h9,11,15,17,21,23,27,29,55,57,63,65,70-71,75H,6-8,10,12-14,16,18-20,22,24-26,28,30-54,56,58-62,64,66-69H2,1-5H3,(H-,73,76,77,78)/p+1/b11-9-,17-15-,23-21-,29-27-,57-55+,65-63+. The zero-order chi connectivity index (χ0) is 59.1. The molecule has 8 nitrogen and oxygen atoms in total. The minimum absolute atomic E-state index is 0.0551. The van der Waals surface area contributed by atoms with Crippen LogP contribution in [0.2, 0.25) is 0 Å². The molecule has 0 aliphatic rings. The first-order valence-corrected chi connectivity index (χ1v) is 36.3. The van der Waals surface area contributed by atoms with E-state index in [0.717, 1.165) is 64.2 Å². The second-order valence-corrected chi connectivity index (χ2v) is 26.3. The average molecular weight is 1160 g/mol. The molecule has 0 bridgehead atoms. The minimum Gasteiger partial charge on any atom is -0.387 e. The number of nitrogens with one attached hydrogen (secondary N) is 1. The van der Waals surface area contributed by atoms with Crippen LogP contribution in [0.15, 0.2) is 72.9 Å². The van der Waals surface area contributed by atoms with Crippen molar-refractivity contribution in [2.45, 2.75) is 341 Å². The van der Waals surface area contributed by atoms with E-state index in [1.54, 1.807) is 6.08 Å². The van der Waals surface area contributed by atoms with Gasteiger partial charge in [0.2, 0.25) is 5.91 Å². The number of hydrogen-bond donors (Lipinski definition) is 3. The summed E-state index contributed by atoms with van der Waals surface area (Å²) < 4.78 is 23.8. The number of phosphoric acid groups is 1. The minimum atomic E-state index is -4.36. The van der Waals surface area contributed by atoms with Crippen LogP contribution in [0.5, 0.6) is 0 Å². The topological polar surface area (TPSA) is 105 Å². The smallest absolute Gasteiger partial charge is 0.387 e. The first-order valence-electron chi connectivity index (χ1n) is 34.8. The Labute approximate surface area is 504 Å². The molecule has 0 saturated carbocycles. The molecule has 1 amide bonds. The van der Waals surface area contributed by atoms with Crippen molar-refractivity contribution in [2.24, 2.45) is 0 Å². The van der Waals surface area contributed by atoms with Gasteiger partial charge in [0.15, 0.2) is 0 Å². The number of carbonyl (C=O) groups excluding carboxylic acids is 1. The zero-order valence-corrected chi connectivity index (χ0v) is 55.2. The second kappa shape index (κ2) is 62.5. The summed E-state index contributed by atoms with van der Waals surface area (Å²) in [5.41, 5.74) is 0. The highest BCUT2D eigenvalue weighted by molar-refractivity contribution is 7.47. The zero-order valence-electron chi connectivity index (χ0n) is 54.3. The van der Waals surface area contributed by atoms with Crippen molar-refractivity contribution in [3.63, 3.8) is 0 Å². The molecular weight excluding hydrogens is 1020 g/mol. The third-order valence-corrected chi connectivity index (χ3v) is 16.6. The summed E-state index contributed by atoms with van der Waals surface area (Å²) in [6, 6.07) is -0.868. The molecule has 3 unspecified atom stereocenters. The molecule has 0 aromatic rings. The van der Waals surface area contributed by atoms with Crippen LogP contribution >= 0.6 is 7.82 Å². The quantitative estimate of drug-likeness (QED) is 0.0243. The van der Waals surface area contributed by atoms with Crippen LogP contribution in [0, 0.1) is 0 Å². The lowest BCUT2D eigenvalue weighted by molar-refractivity contribution is -0.870. The van der Waals surface area contributed by atoms with Gasteiger partial charge in [-0.25, -0.2) is 4.57 Å². The van der Waals surface area contributed by atoms with Crippen LogP contribution in [0.4, 0.5) is 0 Å². The number of allylic oxidation sites excluding steroid dienone is 11. The predicted molar refractivity (Wildman–Crippen MR) is 355 cm³/mol. The molecule has 3 atom stereocenters. The van der Waals surface area contributed by atoms with Crippen LogP contribution in [0.25, 0.3) is 0 Å². The lowest BCUT2D eigenvalue weighted by atomic mass is 10.0. The summed E-state index contributed by atoms with van der Waals surface area (Å²) in [6.45, 7) is 4.72. The van der Waals surface area contributed by atoms with Gasteiger partial charge in [-0.15, -0.1) is 0 Å². The first kappa shape index (κ1) is 78.9. The third-order valence-electron chi connectivity index (χ3n) is 15.7. The van der Waals surface area contributed by atoms with Crippen molar-refractivity contribution in [1.82, 2.24) is 5.32 Å². The monoisotopic (exact) mass is 1160 g/mol. The number of rotatable bonds is 64. The van der Waals surface area contributed by atoms with Crippen molar-refractivity contribution in [1.29, 1.82) is 0 Å². The highest BCUT2D eigenvalue weighted by Gasteiger charge is 2.28. The maximum atomic E-state index is 13.0. The van der Waals surface area contributed by atoms with Gasteiger partial charge in [-0.05, 0) is 70.6 Å². The Balaban J connectivity index is 4.10. The number of aliphatic hydroxyl groups excluding tert-OH is 1. The Bertz CT molecular complexity index is 1550. The number of quaternary nitrogens is 1. The summed E-state index contributed by atoms with van der Waals surface area (Å²) in [4.78, 5) is 23.4. The Morgan fingerprint density at radius 1 is 0.432 bits per heavy atom. The molecule has 0 aliphatic heterocycles. The van der Waals surface area contributed by atoms with Gasteiger partial charge in [0.05, 0.1) is 39.9 Å². The number of likely N-dealkylation sites (N-methyl/N-ethyl adjacent to an activating group) is 1. The van der Waals surface area contributed by atoms with Gasteiger partial charge in [-0.2, -0.15) is 0 Å². The van der Waals surface area contributed by atoms with Crippen molar-refractivity contribution in [3.05, 3.63) is 72.9 Å². The third kappa shape index (κ3) is 65.3. The largest absolute Gasteiger partial charge is 0.472 e. The van der Waals surface area contributed by atoms with Crippen molar-refractivity contribution >= 4 is 13.7 Å². The molecule has 0 aromatic carbocycles. The molecule has 474 valence electrons. The summed E-state index contributed by atoms with van der Waals surface area (Å²) in [6.07, 6.45) is 87.7. The lowest BCUT2D eigenvalue weighted by Crippen LogP contribution is -2.45. The van der Waals surface area contributed by atoms with Gasteiger partial charge in [0.1, 0.15) is 13.2 Å². The molecule has 3 N–H and O–H groups in total. The fourth-order valence-electron chi connectivity index (χ4n) is 10.3. The predicted octanol–water partition coefficient (Wildman–Crippen LogP) is 22.2. The number of nitrogens with zero attached hydrogens (tertiary/aromatic N) is 1. The van der Waals surface area contributed by atoms with Gasteiger partial charge in [0, 0.05) is 6.42 Å². The Kier molecular flexibility index (Phi) is 60.9. The molecule has 0 aromatic heterocycles. The molecule has 0 aliphatic carbocycles. The van der Waals surface area contributed by atoms with Crippen LogP contribution in [0.3, 0.4) is 0 Å². The fraction of sp³-hybridized carbons (Fsp3) is 0.819. The van der Waals surface area contributed by atoms with Gasteiger partial charge >= 0.3 is 7.82 Å². The van der Waals surface area contributed by atoms with Crippen molar-refractivity contribution in [3.8, 4) is 0 Å². The molecule has 0 saturated heterocycles. The number of carbonyl (C=O) groups is 1. The van der Waals surface area contributed by atoms with E-state index < -0.39 is 20.0 Å². The summed E-state index contributed by atoms with van der Waals surface area (Å²) in [5.74, 6) is -0.184. The first-order chi connectivity index (χ1) is 39.5. The second-order valence-electron chi connectivity index (χ2n) is 24.9. The molecule has 0 radical (unpaired) electrons. The number of unbranched alkanes of at least 4 members (excludes halogenated alkanes) is 41. The number of phosphoric ester groups is 1. The SMILES string of the molecule is CC/C=C\C/C=C\C/C=C\C/C=C\CCCCCCCCCCCCCCCCCCC(=O)NC(COP(=O)(O)OCC[N+](C)(C)C)C(O)/C=C/CC/C=C/CCCCCCCCCCCCCCCCCCCCCCCCCC. The molecule has 9 heteroatoms. The van der Waals surface area contributed by atoms with Gasteiger partial charge < -0.3 is 19.8 Å². The van der Waals surface area contributed by atoms with Crippen LogP contribution in [0.1, 0.15) is 328 Å². The van der Waals surface area contributed by atoms with E-state index in [2.05, 4.69) is 79.9 Å². The van der Waals surface area contributed by atoms with Gasteiger partial charge in [0.25, 0.3) is 0 Å².